The van der Waals surface area contributed by atoms with Gasteiger partial charge < -0.3 is 9.47 Å². The average Bonchev–Trinajstić information content (AvgIpc) is 3.01. The molecule has 2 aromatic carbocycles. The zero-order valence-electron chi connectivity index (χ0n) is 30.3. The Morgan fingerprint density at radius 2 is 1.39 bits per heavy atom. The maximum Gasteiger partial charge on any atom is 0.168 e. The molecule has 0 aromatic heterocycles. The molecule has 44 heavy (non-hydrogen) atoms. The van der Waals surface area contributed by atoms with Crippen LogP contribution in [0.25, 0.3) is 0 Å². The standard InChI is InChI=1S/C20H31FO2.C15H22O2.2C2H6/c1-14(2)13-23-19-12-16(5)11-17(20(19)21)9-7-6-8-10-18(22)15(3)4;1-4-10-17-14-7-5-6-13(11-14)8-9-15(16)12(2)3;2*1-2/h11-12,14-15H,6-10,13H2,1-5H3;5-7,11-12H,4,8-10H2,1-3H3;2*1-2H3. The summed E-state index contributed by atoms with van der Waals surface area (Å²) in [4.78, 5) is 23.1. The lowest BCUT2D eigenvalue weighted by Gasteiger charge is -2.13. The van der Waals surface area contributed by atoms with Gasteiger partial charge in [-0.2, -0.15) is 0 Å². The lowest BCUT2D eigenvalue weighted by atomic mass is 10.00. The van der Waals surface area contributed by atoms with Crippen LogP contribution in [0.1, 0.15) is 131 Å². The van der Waals surface area contributed by atoms with Crippen molar-refractivity contribution >= 4 is 11.6 Å². The first kappa shape index (κ1) is 43.4. The van der Waals surface area contributed by atoms with Crippen molar-refractivity contribution in [3.63, 3.8) is 0 Å². The molecular weight excluding hydrogens is 551 g/mol. The molecule has 0 saturated carbocycles. The number of aryl methyl sites for hydroxylation is 3. The van der Waals surface area contributed by atoms with Gasteiger partial charge in [0.15, 0.2) is 11.6 Å². The number of halogens is 1. The van der Waals surface area contributed by atoms with Crippen molar-refractivity contribution in [2.45, 2.75) is 134 Å². The molecule has 0 saturated heterocycles. The Hall–Kier alpha value is -2.69. The molecule has 0 aliphatic carbocycles. The minimum atomic E-state index is -0.227. The van der Waals surface area contributed by atoms with Gasteiger partial charge in [0.2, 0.25) is 0 Å². The van der Waals surface area contributed by atoms with E-state index in [-0.39, 0.29) is 17.7 Å². The molecule has 2 aromatic rings. The molecule has 2 rings (SSSR count). The fraction of sp³-hybridized carbons (Fsp3) is 0.641. The van der Waals surface area contributed by atoms with Crippen molar-refractivity contribution in [2.75, 3.05) is 13.2 Å². The van der Waals surface area contributed by atoms with E-state index in [1.807, 2.05) is 106 Å². The highest BCUT2D eigenvalue weighted by Crippen LogP contribution is 2.25. The minimum absolute atomic E-state index is 0.116. The van der Waals surface area contributed by atoms with Crippen LogP contribution in [-0.4, -0.2) is 24.8 Å². The molecule has 0 aliphatic heterocycles. The number of Topliss-reactive ketones (excluding diaryl/α,β-unsaturated/α-hetero) is 2. The van der Waals surface area contributed by atoms with Crippen LogP contribution in [0.5, 0.6) is 11.5 Å². The van der Waals surface area contributed by atoms with Crippen LogP contribution >= 0.6 is 0 Å². The summed E-state index contributed by atoms with van der Waals surface area (Å²) in [6.07, 6.45) is 6.51. The Labute approximate surface area is 270 Å². The van der Waals surface area contributed by atoms with Gasteiger partial charge in [-0.25, -0.2) is 4.39 Å². The fourth-order valence-electron chi connectivity index (χ4n) is 4.00. The normalized spacial score (nSPS) is 10.3. The van der Waals surface area contributed by atoms with Crippen molar-refractivity contribution in [1.29, 1.82) is 0 Å². The second-order valence-electron chi connectivity index (χ2n) is 11.7. The van der Waals surface area contributed by atoms with Crippen molar-refractivity contribution in [1.82, 2.24) is 0 Å². The third-order valence-corrected chi connectivity index (χ3v) is 6.52. The lowest BCUT2D eigenvalue weighted by molar-refractivity contribution is -0.122. The van der Waals surface area contributed by atoms with Gasteiger partial charge in [-0.05, 0) is 79.8 Å². The molecule has 252 valence electrons. The highest BCUT2D eigenvalue weighted by molar-refractivity contribution is 5.80. The lowest BCUT2D eigenvalue weighted by Crippen LogP contribution is -2.07. The molecule has 0 amide bonds. The fourth-order valence-corrected chi connectivity index (χ4v) is 4.00. The Kier molecular flexibility index (Phi) is 26.3. The molecule has 0 atom stereocenters. The van der Waals surface area contributed by atoms with Gasteiger partial charge in [0.1, 0.15) is 17.3 Å². The highest BCUT2D eigenvalue weighted by atomic mass is 19.1. The smallest absolute Gasteiger partial charge is 0.168 e. The van der Waals surface area contributed by atoms with Gasteiger partial charge in [-0.15, -0.1) is 0 Å². The zero-order valence-corrected chi connectivity index (χ0v) is 30.3. The number of carbonyl (C=O) groups excluding carboxylic acids is 2. The number of hydrogen-bond acceptors (Lipinski definition) is 4. The van der Waals surface area contributed by atoms with Crippen molar-refractivity contribution in [3.05, 3.63) is 58.9 Å². The number of benzene rings is 2. The summed E-state index contributed by atoms with van der Waals surface area (Å²) in [5.74, 6) is 2.30. The van der Waals surface area contributed by atoms with Gasteiger partial charge >= 0.3 is 0 Å². The molecule has 4 nitrogen and oxygen atoms in total. The molecule has 0 N–H and O–H groups in total. The quantitative estimate of drug-likeness (QED) is 0.166. The number of ketones is 2. The summed E-state index contributed by atoms with van der Waals surface area (Å²) in [6.45, 7) is 25.2. The first-order valence-corrected chi connectivity index (χ1v) is 17.1. The van der Waals surface area contributed by atoms with Crippen LogP contribution in [0.15, 0.2) is 36.4 Å². The van der Waals surface area contributed by atoms with E-state index < -0.39 is 0 Å². The molecule has 5 heteroatoms. The summed E-state index contributed by atoms with van der Waals surface area (Å²) in [7, 11) is 0. The van der Waals surface area contributed by atoms with Crippen LogP contribution in [-0.2, 0) is 22.4 Å². The summed E-state index contributed by atoms with van der Waals surface area (Å²) in [5, 5.41) is 0. The Balaban J connectivity index is 0. The minimum Gasteiger partial charge on any atom is -0.494 e. The summed E-state index contributed by atoms with van der Waals surface area (Å²) >= 11 is 0. The topological polar surface area (TPSA) is 52.6 Å². The number of carbonyl (C=O) groups is 2. The maximum absolute atomic E-state index is 14.5. The van der Waals surface area contributed by atoms with E-state index in [2.05, 4.69) is 6.92 Å². The van der Waals surface area contributed by atoms with Crippen LogP contribution in [0, 0.1) is 30.5 Å². The zero-order chi connectivity index (χ0) is 34.1. The molecule has 0 spiro atoms. The second-order valence-corrected chi connectivity index (χ2v) is 11.7. The monoisotopic (exact) mass is 616 g/mol. The van der Waals surface area contributed by atoms with Crippen molar-refractivity contribution in [2.24, 2.45) is 17.8 Å². The van der Waals surface area contributed by atoms with Gasteiger partial charge in [-0.3, -0.25) is 9.59 Å². The van der Waals surface area contributed by atoms with Gasteiger partial charge in [0.05, 0.1) is 13.2 Å². The molecule has 0 bridgehead atoms. The van der Waals surface area contributed by atoms with Crippen molar-refractivity contribution in [3.8, 4) is 11.5 Å². The molecule has 0 unspecified atom stereocenters. The predicted molar refractivity (Wildman–Crippen MR) is 187 cm³/mol. The van der Waals surface area contributed by atoms with E-state index in [4.69, 9.17) is 9.47 Å². The van der Waals surface area contributed by atoms with Crippen molar-refractivity contribution < 1.29 is 23.5 Å². The van der Waals surface area contributed by atoms with Gasteiger partial charge in [0.25, 0.3) is 0 Å². The Bertz CT molecular complexity index is 1030. The molecular formula is C39H65FO4. The molecule has 0 radical (unpaired) electrons. The van der Waals surface area contributed by atoms with E-state index in [0.717, 1.165) is 55.6 Å². The first-order chi connectivity index (χ1) is 20.9. The Morgan fingerprint density at radius 3 is 1.95 bits per heavy atom. The third kappa shape index (κ3) is 20.3. The molecule has 0 heterocycles. The number of ether oxygens (including phenoxy) is 2. The van der Waals surface area contributed by atoms with E-state index in [0.29, 0.717) is 49.1 Å². The predicted octanol–water partition coefficient (Wildman–Crippen LogP) is 11.2. The van der Waals surface area contributed by atoms with E-state index in [1.54, 1.807) is 6.07 Å². The van der Waals surface area contributed by atoms with E-state index in [1.165, 1.54) is 5.56 Å². The van der Waals surface area contributed by atoms with Gasteiger partial charge in [0, 0.05) is 24.7 Å². The average molecular weight is 617 g/mol. The van der Waals surface area contributed by atoms with Crippen LogP contribution in [0.4, 0.5) is 4.39 Å². The molecule has 0 aliphatic rings. The maximum atomic E-state index is 14.5. The number of hydrogen-bond donors (Lipinski definition) is 0. The second kappa shape index (κ2) is 26.7. The van der Waals surface area contributed by atoms with Crippen LogP contribution < -0.4 is 9.47 Å². The third-order valence-electron chi connectivity index (χ3n) is 6.52. The van der Waals surface area contributed by atoms with E-state index >= 15 is 0 Å². The summed E-state index contributed by atoms with van der Waals surface area (Å²) in [5.41, 5.74) is 2.92. The number of unbranched alkanes of at least 4 members (excludes halogenated alkanes) is 2. The first-order valence-electron chi connectivity index (χ1n) is 17.1. The van der Waals surface area contributed by atoms with Gasteiger partial charge in [-0.1, -0.05) is 101 Å². The SMILES string of the molecule is CC.CC.CCCOc1cccc(CCC(=O)C(C)C)c1.Cc1cc(CCCCCC(=O)C(C)C)c(F)c(OCC(C)C)c1. The van der Waals surface area contributed by atoms with Crippen LogP contribution in [0.2, 0.25) is 0 Å². The van der Waals surface area contributed by atoms with Crippen LogP contribution in [0.3, 0.4) is 0 Å². The molecule has 0 fully saturated rings. The highest BCUT2D eigenvalue weighted by Gasteiger charge is 2.12. The summed E-state index contributed by atoms with van der Waals surface area (Å²) < 4.78 is 25.6. The number of rotatable bonds is 17. The Morgan fingerprint density at radius 1 is 0.773 bits per heavy atom. The van der Waals surface area contributed by atoms with E-state index in [9.17, 15) is 14.0 Å². The summed E-state index contributed by atoms with van der Waals surface area (Å²) in [6, 6.07) is 11.7. The largest absolute Gasteiger partial charge is 0.494 e.